The van der Waals surface area contributed by atoms with Gasteiger partial charge in [0, 0.05) is 19.4 Å². The van der Waals surface area contributed by atoms with Crippen LogP contribution in [0.5, 0.6) is 11.5 Å². The Kier molecular flexibility index (Phi) is 6.14. The topological polar surface area (TPSA) is 73.6 Å². The molecule has 0 bridgehead atoms. The van der Waals surface area contributed by atoms with E-state index in [1.807, 2.05) is 12.1 Å². The van der Waals surface area contributed by atoms with Crippen molar-refractivity contribution in [1.29, 1.82) is 0 Å². The lowest BCUT2D eigenvalue weighted by Gasteiger charge is -2.12. The number of primary amides is 1. The Morgan fingerprint density at radius 2 is 2.10 bits per heavy atom. The molecular weight excluding hydrogens is 292 g/mol. The summed E-state index contributed by atoms with van der Waals surface area (Å²) in [4.78, 5) is 10.6. The van der Waals surface area contributed by atoms with E-state index in [1.54, 1.807) is 0 Å². The molecule has 0 saturated carbocycles. The van der Waals surface area contributed by atoms with Crippen LogP contribution in [0.4, 0.5) is 0 Å². The first-order valence-electron chi connectivity index (χ1n) is 7.24. The number of halogens is 1. The molecule has 0 spiro atoms. The molecule has 1 aliphatic heterocycles. The molecule has 1 aromatic rings. The van der Waals surface area contributed by atoms with E-state index < -0.39 is 0 Å². The molecule has 0 saturated heterocycles. The third-order valence-electron chi connectivity index (χ3n) is 3.22. The Morgan fingerprint density at radius 1 is 1.29 bits per heavy atom. The number of hydrogen-bond donors (Lipinski definition) is 2. The molecule has 116 valence electrons. The first-order valence-corrected chi connectivity index (χ1v) is 7.61. The van der Waals surface area contributed by atoms with Crippen LogP contribution >= 0.6 is 11.6 Å². The van der Waals surface area contributed by atoms with Crippen LogP contribution in [0.2, 0.25) is 5.02 Å². The van der Waals surface area contributed by atoms with Crippen molar-refractivity contribution < 1.29 is 14.3 Å². The number of ether oxygens (including phenoxy) is 2. The Morgan fingerprint density at radius 3 is 2.90 bits per heavy atom. The van der Waals surface area contributed by atoms with E-state index in [4.69, 9.17) is 26.8 Å². The number of unbranched alkanes of at least 4 members (excludes halogenated alkanes) is 1. The summed E-state index contributed by atoms with van der Waals surface area (Å²) in [6.45, 7) is 2.81. The fraction of sp³-hybridized carbons (Fsp3) is 0.533. The summed E-state index contributed by atoms with van der Waals surface area (Å²) >= 11 is 6.23. The van der Waals surface area contributed by atoms with Crippen LogP contribution in [0.15, 0.2) is 12.1 Å². The van der Waals surface area contributed by atoms with Crippen LogP contribution in [0.1, 0.15) is 31.2 Å². The van der Waals surface area contributed by atoms with E-state index in [9.17, 15) is 4.79 Å². The van der Waals surface area contributed by atoms with Crippen molar-refractivity contribution in [2.24, 2.45) is 5.73 Å². The highest BCUT2D eigenvalue weighted by Gasteiger charge is 2.15. The zero-order valence-corrected chi connectivity index (χ0v) is 12.7. The van der Waals surface area contributed by atoms with Gasteiger partial charge in [-0.15, -0.1) is 0 Å². The number of rotatable bonds is 7. The molecule has 5 nitrogen and oxygen atoms in total. The van der Waals surface area contributed by atoms with Gasteiger partial charge in [0.05, 0.1) is 18.2 Å². The van der Waals surface area contributed by atoms with E-state index in [-0.39, 0.29) is 5.91 Å². The van der Waals surface area contributed by atoms with Crippen molar-refractivity contribution in [3.05, 3.63) is 22.7 Å². The molecule has 21 heavy (non-hydrogen) atoms. The van der Waals surface area contributed by atoms with Crippen molar-refractivity contribution >= 4 is 17.5 Å². The molecule has 3 N–H and O–H groups in total. The molecule has 0 atom stereocenters. The summed E-state index contributed by atoms with van der Waals surface area (Å²) < 4.78 is 11.2. The summed E-state index contributed by atoms with van der Waals surface area (Å²) in [5.41, 5.74) is 6.15. The van der Waals surface area contributed by atoms with Gasteiger partial charge < -0.3 is 20.5 Å². The van der Waals surface area contributed by atoms with E-state index in [0.29, 0.717) is 42.7 Å². The maximum absolute atomic E-state index is 10.6. The summed E-state index contributed by atoms with van der Waals surface area (Å²) in [7, 11) is 0. The molecule has 1 aromatic carbocycles. The minimum absolute atomic E-state index is 0.246. The zero-order chi connectivity index (χ0) is 15.1. The minimum atomic E-state index is -0.246. The molecule has 2 rings (SSSR count). The van der Waals surface area contributed by atoms with Crippen LogP contribution in [-0.2, 0) is 11.3 Å². The quantitative estimate of drug-likeness (QED) is 0.757. The number of nitrogens with one attached hydrogen (secondary N) is 1. The van der Waals surface area contributed by atoms with Gasteiger partial charge in [-0.3, -0.25) is 4.79 Å². The van der Waals surface area contributed by atoms with Gasteiger partial charge >= 0.3 is 0 Å². The second-order valence-electron chi connectivity index (χ2n) is 5.06. The fourth-order valence-corrected chi connectivity index (χ4v) is 2.46. The summed E-state index contributed by atoms with van der Waals surface area (Å²) in [6.07, 6.45) is 3.03. The number of nitrogens with two attached hydrogens (primary N) is 1. The van der Waals surface area contributed by atoms with Crippen LogP contribution in [0.3, 0.4) is 0 Å². The molecule has 0 fully saturated rings. The zero-order valence-electron chi connectivity index (χ0n) is 12.0. The molecular formula is C15H21ClN2O3. The molecule has 0 aliphatic carbocycles. The largest absolute Gasteiger partial charge is 0.489 e. The predicted octanol–water partition coefficient (Wildman–Crippen LogP) is 2.25. The molecule has 6 heteroatoms. The van der Waals surface area contributed by atoms with Crippen molar-refractivity contribution in [3.63, 3.8) is 0 Å². The van der Waals surface area contributed by atoms with E-state index in [0.717, 1.165) is 31.4 Å². The number of hydrogen-bond acceptors (Lipinski definition) is 4. The Hall–Kier alpha value is -1.46. The van der Waals surface area contributed by atoms with Crippen LogP contribution < -0.4 is 20.5 Å². The highest BCUT2D eigenvalue weighted by atomic mass is 35.5. The SMILES string of the molecule is NC(=O)CCCCNCc1cc(Cl)c2c(c1)OCCCO2. The van der Waals surface area contributed by atoms with Gasteiger partial charge in [0.2, 0.25) is 5.91 Å². The lowest BCUT2D eigenvalue weighted by Crippen LogP contribution is -2.16. The summed E-state index contributed by atoms with van der Waals surface area (Å²) in [5.74, 6) is 1.11. The Balaban J connectivity index is 1.82. The number of carbonyl (C=O) groups is 1. The average Bonchev–Trinajstić information content (AvgIpc) is 2.68. The van der Waals surface area contributed by atoms with E-state index in [2.05, 4.69) is 5.32 Å². The minimum Gasteiger partial charge on any atom is -0.489 e. The van der Waals surface area contributed by atoms with Gasteiger partial charge in [-0.25, -0.2) is 0 Å². The normalized spacial score (nSPS) is 13.8. The highest BCUT2D eigenvalue weighted by Crippen LogP contribution is 2.37. The van der Waals surface area contributed by atoms with Gasteiger partial charge in [0.1, 0.15) is 0 Å². The lowest BCUT2D eigenvalue weighted by molar-refractivity contribution is -0.118. The van der Waals surface area contributed by atoms with Crippen molar-refractivity contribution in [3.8, 4) is 11.5 Å². The van der Waals surface area contributed by atoms with Gasteiger partial charge in [-0.2, -0.15) is 0 Å². The third kappa shape index (κ3) is 5.10. The molecule has 0 aromatic heterocycles. The number of carbonyl (C=O) groups excluding carboxylic acids is 1. The van der Waals surface area contributed by atoms with Crippen molar-refractivity contribution in [2.75, 3.05) is 19.8 Å². The van der Waals surface area contributed by atoms with Crippen molar-refractivity contribution in [1.82, 2.24) is 5.32 Å². The Labute approximate surface area is 129 Å². The van der Waals surface area contributed by atoms with Crippen LogP contribution in [-0.4, -0.2) is 25.7 Å². The van der Waals surface area contributed by atoms with E-state index in [1.165, 1.54) is 0 Å². The van der Waals surface area contributed by atoms with Crippen molar-refractivity contribution in [2.45, 2.75) is 32.2 Å². The fourth-order valence-electron chi connectivity index (χ4n) is 2.17. The lowest BCUT2D eigenvalue weighted by atomic mass is 10.2. The standard InChI is InChI=1S/C15H21ClN2O3/c16-12-8-11(10-18-5-2-1-4-14(17)19)9-13-15(12)21-7-3-6-20-13/h8-9,18H,1-7,10H2,(H2,17,19). The van der Waals surface area contributed by atoms with Crippen LogP contribution in [0.25, 0.3) is 0 Å². The summed E-state index contributed by atoms with van der Waals surface area (Å²) in [6, 6.07) is 3.86. The van der Waals surface area contributed by atoms with Gasteiger partial charge in [0.25, 0.3) is 0 Å². The number of benzene rings is 1. The number of fused-ring (bicyclic) bond motifs is 1. The predicted molar refractivity (Wildman–Crippen MR) is 81.8 cm³/mol. The van der Waals surface area contributed by atoms with Gasteiger partial charge in [0.15, 0.2) is 11.5 Å². The second kappa shape index (κ2) is 8.10. The highest BCUT2D eigenvalue weighted by molar-refractivity contribution is 6.32. The van der Waals surface area contributed by atoms with E-state index >= 15 is 0 Å². The molecule has 0 unspecified atom stereocenters. The Bertz CT molecular complexity index is 494. The monoisotopic (exact) mass is 312 g/mol. The second-order valence-corrected chi connectivity index (χ2v) is 5.46. The van der Waals surface area contributed by atoms with Gasteiger partial charge in [-0.1, -0.05) is 11.6 Å². The molecule has 1 aliphatic rings. The smallest absolute Gasteiger partial charge is 0.217 e. The maximum atomic E-state index is 10.6. The van der Waals surface area contributed by atoms with Gasteiger partial charge in [-0.05, 0) is 37.1 Å². The summed E-state index contributed by atoms with van der Waals surface area (Å²) in [5, 5.41) is 3.90. The first-order chi connectivity index (χ1) is 10.2. The first kappa shape index (κ1) is 15.9. The average molecular weight is 313 g/mol. The molecule has 1 amide bonds. The maximum Gasteiger partial charge on any atom is 0.217 e. The molecule has 1 heterocycles. The van der Waals surface area contributed by atoms with Crippen LogP contribution in [0, 0.1) is 0 Å². The third-order valence-corrected chi connectivity index (χ3v) is 3.50. The number of amides is 1. The molecule has 0 radical (unpaired) electrons.